The lowest BCUT2D eigenvalue weighted by molar-refractivity contribution is -0.0556. The van der Waals surface area contributed by atoms with Gasteiger partial charge in [0.2, 0.25) is 0 Å². The third-order valence-corrected chi connectivity index (χ3v) is 5.28. The van der Waals surface area contributed by atoms with Crippen molar-refractivity contribution in [3.8, 4) is 5.75 Å². The molecule has 0 spiro atoms. The van der Waals surface area contributed by atoms with Crippen molar-refractivity contribution in [1.29, 1.82) is 0 Å². The zero-order chi connectivity index (χ0) is 24.2. The van der Waals surface area contributed by atoms with E-state index in [1.807, 2.05) is 6.07 Å². The molecule has 2 atom stereocenters. The van der Waals surface area contributed by atoms with Crippen molar-refractivity contribution in [1.82, 2.24) is 0 Å². The highest BCUT2D eigenvalue weighted by Crippen LogP contribution is 2.27. The van der Waals surface area contributed by atoms with E-state index in [1.54, 1.807) is 26.0 Å². The Morgan fingerprint density at radius 1 is 1.03 bits per heavy atom. The maximum atomic E-state index is 11.3. The molecule has 0 amide bonds. The Morgan fingerprint density at radius 3 is 2.32 bits per heavy atom. The Bertz CT molecular complexity index is 1230. The minimum atomic E-state index is -1.16. The lowest BCUT2D eigenvalue weighted by Crippen LogP contribution is -2.33. The van der Waals surface area contributed by atoms with Crippen LogP contribution in [0.25, 0.3) is 0 Å². The van der Waals surface area contributed by atoms with Crippen molar-refractivity contribution >= 4 is 12.6 Å². The summed E-state index contributed by atoms with van der Waals surface area (Å²) in [4.78, 5) is 22.5. The fourth-order valence-corrected chi connectivity index (χ4v) is 3.53. The maximum Gasteiger partial charge on any atom is 0.519 e. The average molecular weight is 477 g/mol. The number of benzene rings is 1. The Balaban J connectivity index is 1.43. The third kappa shape index (κ3) is 5.34. The summed E-state index contributed by atoms with van der Waals surface area (Å²) < 4.78 is 42.4. The van der Waals surface area contributed by atoms with Crippen LogP contribution in [0.5, 0.6) is 5.75 Å². The van der Waals surface area contributed by atoms with Crippen LogP contribution in [0.3, 0.4) is 0 Å². The molecule has 0 unspecified atom stereocenters. The van der Waals surface area contributed by atoms with Crippen LogP contribution < -0.4 is 27.6 Å². The van der Waals surface area contributed by atoms with Crippen LogP contribution in [0.15, 0.2) is 45.5 Å². The van der Waals surface area contributed by atoms with Crippen LogP contribution in [0.2, 0.25) is 0 Å². The second-order valence-corrected chi connectivity index (χ2v) is 7.60. The first-order chi connectivity index (χ1) is 16.4. The summed E-state index contributed by atoms with van der Waals surface area (Å²) in [5.74, 6) is -0.108. The van der Waals surface area contributed by atoms with E-state index in [1.165, 1.54) is 0 Å². The first kappa shape index (κ1) is 24.0. The summed E-state index contributed by atoms with van der Waals surface area (Å²) >= 11 is 0. The van der Waals surface area contributed by atoms with Crippen LogP contribution in [0.4, 0.5) is 0 Å². The van der Waals surface area contributed by atoms with Crippen LogP contribution >= 0.6 is 0 Å². The van der Waals surface area contributed by atoms with E-state index in [0.717, 1.165) is 5.56 Å². The molecule has 0 saturated carbocycles. The molecule has 3 heterocycles. The molecule has 182 valence electrons. The first-order valence-electron chi connectivity index (χ1n) is 10.5. The quantitative estimate of drug-likeness (QED) is 0.363. The van der Waals surface area contributed by atoms with E-state index < -0.39 is 31.0 Å². The van der Waals surface area contributed by atoms with E-state index in [2.05, 4.69) is 0 Å². The summed E-state index contributed by atoms with van der Waals surface area (Å²) in [7, 11) is -1.16. The largest absolute Gasteiger partial charge is 0.519 e. The fraction of sp³-hybridized carbons (Fsp3) is 0.429. The molecular formula is C21H24BNO11. The topological polar surface area (TPSA) is 170 Å². The minimum absolute atomic E-state index is 0.0198. The van der Waals surface area contributed by atoms with Gasteiger partial charge >= 0.3 is 18.8 Å². The summed E-state index contributed by atoms with van der Waals surface area (Å²) in [6.07, 6.45) is -1.07. The summed E-state index contributed by atoms with van der Waals surface area (Å²) in [6, 6.07) is 5.29. The number of hydrogen-bond acceptors (Lipinski definition) is 12. The van der Waals surface area contributed by atoms with Crippen molar-refractivity contribution in [2.75, 3.05) is 19.8 Å². The fourth-order valence-electron chi connectivity index (χ4n) is 3.53. The van der Waals surface area contributed by atoms with Gasteiger partial charge in [0.05, 0.1) is 12.7 Å². The van der Waals surface area contributed by atoms with Gasteiger partial charge in [-0.3, -0.25) is 0 Å². The maximum absolute atomic E-state index is 11.3. The van der Waals surface area contributed by atoms with Gasteiger partial charge in [-0.1, -0.05) is 12.1 Å². The Kier molecular flexibility index (Phi) is 7.39. The zero-order valence-electron chi connectivity index (χ0n) is 18.6. The van der Waals surface area contributed by atoms with Crippen LogP contribution in [-0.2, 0) is 27.3 Å². The normalized spacial score (nSPS) is 16.1. The number of rotatable bonds is 11. The number of nitrogens with two attached hydrogens (primary N) is 1. The lowest BCUT2D eigenvalue weighted by atomic mass is 9.78. The molecule has 3 N–H and O–H groups in total. The molecule has 0 radical (unpaired) electrons. The van der Waals surface area contributed by atoms with Crippen LogP contribution in [-0.4, -0.2) is 38.0 Å². The molecule has 0 fully saturated rings. The van der Waals surface area contributed by atoms with Crippen molar-refractivity contribution in [3.63, 3.8) is 0 Å². The number of fused-ring (bicyclic) bond motifs is 1. The van der Waals surface area contributed by atoms with Gasteiger partial charge in [-0.15, -0.1) is 0 Å². The van der Waals surface area contributed by atoms with Gasteiger partial charge in [-0.05, 0) is 25.5 Å². The third-order valence-electron chi connectivity index (χ3n) is 5.28. The monoisotopic (exact) mass is 477 g/mol. The van der Waals surface area contributed by atoms with E-state index in [9.17, 15) is 14.6 Å². The molecule has 0 saturated heterocycles. The number of hydrogen-bond donors (Lipinski definition) is 2. The van der Waals surface area contributed by atoms with Crippen LogP contribution in [0.1, 0.15) is 34.7 Å². The molecule has 4 rings (SSSR count). The van der Waals surface area contributed by atoms with Crippen molar-refractivity contribution in [2.24, 2.45) is 5.73 Å². The van der Waals surface area contributed by atoms with Gasteiger partial charge in [0, 0.05) is 12.0 Å². The summed E-state index contributed by atoms with van der Waals surface area (Å²) in [5, 5.41) is 10.3. The number of aryl methyl sites for hydroxylation is 2. The van der Waals surface area contributed by atoms with E-state index in [0.29, 0.717) is 22.7 Å². The molecule has 0 aliphatic carbocycles. The minimum Gasteiger partial charge on any atom is -0.491 e. The molecule has 34 heavy (non-hydrogen) atoms. The second-order valence-electron chi connectivity index (χ2n) is 7.60. The average Bonchev–Trinajstić information content (AvgIpc) is 3.43. The highest BCUT2D eigenvalue weighted by molar-refractivity contribution is 6.62. The highest BCUT2D eigenvalue weighted by atomic mass is 16.6. The Hall–Kier alpha value is -3.10. The van der Waals surface area contributed by atoms with E-state index in [4.69, 9.17) is 42.3 Å². The molecule has 13 heteroatoms. The van der Waals surface area contributed by atoms with Gasteiger partial charge in [0.25, 0.3) is 0 Å². The van der Waals surface area contributed by atoms with Crippen molar-refractivity contribution < 1.29 is 41.6 Å². The smallest absolute Gasteiger partial charge is 0.491 e. The molecule has 12 nitrogen and oxygen atoms in total. The highest BCUT2D eigenvalue weighted by Gasteiger charge is 2.37. The number of ether oxygens (including phenoxy) is 3. The standard InChI is InChI=1S/C21H24BNO11/c1-11-17(32-20(24)30-11)9-27-7-13(28-10-18-12(2)31-21(25)33-18)8-29-15-5-3-4-14-16(6-23)34-22(26)19(14)15/h3-5,13,16,26H,6-10,23H2,1-2H3/t13-,16-/m1/s1. The van der Waals surface area contributed by atoms with Gasteiger partial charge in [-0.25, -0.2) is 9.59 Å². The van der Waals surface area contributed by atoms with Gasteiger partial charge in [0.15, 0.2) is 11.5 Å². The summed E-state index contributed by atoms with van der Waals surface area (Å²) in [5.41, 5.74) is 6.98. The van der Waals surface area contributed by atoms with Crippen LogP contribution in [0, 0.1) is 13.8 Å². The van der Waals surface area contributed by atoms with Crippen molar-refractivity contribution in [3.05, 3.63) is 68.0 Å². The Labute approximate surface area is 193 Å². The Morgan fingerprint density at radius 2 is 1.71 bits per heavy atom. The predicted molar refractivity (Wildman–Crippen MR) is 115 cm³/mol. The van der Waals surface area contributed by atoms with Gasteiger partial charge in [-0.2, -0.15) is 0 Å². The van der Waals surface area contributed by atoms with Gasteiger partial charge < -0.3 is 47.3 Å². The van der Waals surface area contributed by atoms with E-state index in [-0.39, 0.29) is 44.5 Å². The molecule has 0 bridgehead atoms. The molecule has 1 aliphatic heterocycles. The van der Waals surface area contributed by atoms with Crippen molar-refractivity contribution in [2.45, 2.75) is 39.3 Å². The lowest BCUT2D eigenvalue weighted by Gasteiger charge is -2.19. The van der Waals surface area contributed by atoms with E-state index >= 15 is 0 Å². The first-order valence-corrected chi connectivity index (χ1v) is 10.5. The second kappa shape index (κ2) is 10.4. The SMILES string of the molecule is Cc1oc(=O)oc1COC[C@H](COc1cccc2c1B(O)O[C@@H]2CN)OCc1oc(=O)oc1C. The summed E-state index contributed by atoms with van der Waals surface area (Å²) in [6.45, 7) is 3.35. The molecular weight excluding hydrogens is 453 g/mol. The molecule has 1 aromatic carbocycles. The predicted octanol–water partition coefficient (Wildman–Crippen LogP) is 0.294. The van der Waals surface area contributed by atoms with Gasteiger partial charge in [0.1, 0.15) is 43.2 Å². The molecule has 3 aromatic rings. The zero-order valence-corrected chi connectivity index (χ0v) is 18.6. The molecule has 1 aliphatic rings. The molecule has 2 aromatic heterocycles.